The van der Waals surface area contributed by atoms with Crippen molar-refractivity contribution in [3.8, 4) is 0 Å². The van der Waals surface area contributed by atoms with Gasteiger partial charge in [0.15, 0.2) is 0 Å². The van der Waals surface area contributed by atoms with Crippen LogP contribution in [-0.2, 0) is 10.0 Å². The molecule has 1 radical (unpaired) electrons. The van der Waals surface area contributed by atoms with Crippen molar-refractivity contribution in [2.24, 2.45) is 0 Å². The Bertz CT molecular complexity index is 185. The van der Waals surface area contributed by atoms with Gasteiger partial charge in [0.05, 0.1) is 5.41 Å². The third-order valence-electron chi connectivity index (χ3n) is 0.238. The molecule has 4 heteroatoms. The highest BCUT2D eigenvalue weighted by molar-refractivity contribution is 7.91. The van der Waals surface area contributed by atoms with Crippen LogP contribution in [0.4, 0.5) is 0 Å². The van der Waals surface area contributed by atoms with E-state index in [9.17, 15) is 8.42 Å². The fourth-order valence-corrected chi connectivity index (χ4v) is 0.329. The summed E-state index contributed by atoms with van der Waals surface area (Å²) in [4.78, 5) is 0. The Kier molecular flexibility index (Phi) is 1.77. The van der Waals surface area contributed by atoms with Crippen molar-refractivity contribution in [1.29, 1.82) is 0 Å². The fraction of sp³-hybridized carbons (Fsp3) is 0. The van der Waals surface area contributed by atoms with Gasteiger partial charge in [-0.15, -0.1) is 10.9 Å². The third-order valence-corrected chi connectivity index (χ3v) is 0.715. The van der Waals surface area contributed by atoms with Gasteiger partial charge in [-0.05, 0) is 0 Å². The fourth-order valence-electron chi connectivity index (χ4n) is 0.110. The van der Waals surface area contributed by atoms with E-state index in [1.54, 1.807) is 0 Å². The highest BCUT2D eigenvalue weighted by Gasteiger charge is 1.89. The molecule has 0 unspecified atom stereocenters. The first kappa shape index (κ1) is 6.43. The Balaban J connectivity index is 4.44. The van der Waals surface area contributed by atoms with Crippen molar-refractivity contribution >= 4 is 10.0 Å². The molecule has 0 aliphatic rings. The summed E-state index contributed by atoms with van der Waals surface area (Å²) in [6.07, 6.45) is 0. The van der Waals surface area contributed by atoms with Crippen molar-refractivity contribution in [2.45, 2.75) is 0 Å². The zero-order chi connectivity index (χ0) is 5.91. The monoisotopic (exact) mass is 118 g/mol. The molecule has 7 heavy (non-hydrogen) atoms. The summed E-state index contributed by atoms with van der Waals surface area (Å²) in [5.74, 6) is 0. The van der Waals surface area contributed by atoms with Crippen LogP contribution >= 0.6 is 0 Å². The number of nitrogens with one attached hydrogen (secondary N) is 1. The second kappa shape index (κ2) is 1.93. The molecule has 0 aromatic rings. The normalized spacial score (nSPS) is 9.86. The Morgan fingerprint density at radius 3 is 2.14 bits per heavy atom. The molecule has 0 fully saturated rings. The van der Waals surface area contributed by atoms with Crippen LogP contribution in [0.5, 0.6) is 0 Å². The van der Waals surface area contributed by atoms with Crippen molar-refractivity contribution in [3.05, 3.63) is 17.7 Å². The molecule has 0 aromatic carbocycles. The molecule has 0 saturated heterocycles. The first-order chi connectivity index (χ1) is 3.06. The van der Waals surface area contributed by atoms with E-state index in [1.807, 2.05) is 5.73 Å². The lowest BCUT2D eigenvalue weighted by Crippen LogP contribution is -1.90. The molecule has 39 valence electrons. The molecule has 0 spiro atoms. The average molecular weight is 118 g/mol. The lowest BCUT2D eigenvalue weighted by Gasteiger charge is -1.73. The Labute approximate surface area is 42.2 Å². The van der Waals surface area contributed by atoms with Gasteiger partial charge in [-0.1, -0.05) is 6.58 Å². The highest BCUT2D eigenvalue weighted by atomic mass is 32.2. The summed E-state index contributed by atoms with van der Waals surface area (Å²) in [6, 6.07) is 0. The smallest absolute Gasteiger partial charge is 0.206 e. The first-order valence-electron chi connectivity index (χ1n) is 1.42. The Morgan fingerprint density at radius 1 is 1.71 bits per heavy atom. The molecule has 0 rings (SSSR count). The van der Waals surface area contributed by atoms with Gasteiger partial charge in [0.2, 0.25) is 0 Å². The van der Waals surface area contributed by atoms with Crippen LogP contribution < -0.4 is 5.14 Å². The summed E-state index contributed by atoms with van der Waals surface area (Å²) in [5, 5.41) is 6.74. The molecule has 0 aromatic heterocycles. The predicted octanol–water partition coefficient (Wildman–Crippen LogP) is -0.102. The van der Waals surface area contributed by atoms with E-state index in [1.165, 1.54) is 0 Å². The number of rotatable bonds is 1. The number of hydrogen-bond donors (Lipinski definition) is 0. The van der Waals surface area contributed by atoms with Crippen molar-refractivity contribution in [1.82, 2.24) is 5.14 Å². The minimum atomic E-state index is -3.72. The maximum absolute atomic E-state index is 9.74. The molecule has 0 atom stereocenters. The van der Waals surface area contributed by atoms with Gasteiger partial charge in [0, 0.05) is 0 Å². The van der Waals surface area contributed by atoms with E-state index >= 15 is 0 Å². The second-order valence-electron chi connectivity index (χ2n) is 0.867. The van der Waals surface area contributed by atoms with Crippen LogP contribution in [0, 0.1) is 0 Å². The lowest BCUT2D eigenvalue weighted by atomic mass is 11.0. The molecular weight excluding hydrogens is 114 g/mol. The summed E-state index contributed by atoms with van der Waals surface area (Å²) >= 11 is 0. The van der Waals surface area contributed by atoms with Gasteiger partial charge in [-0.3, -0.25) is 0 Å². The minimum absolute atomic E-state index is 0.590. The zero-order valence-electron chi connectivity index (χ0n) is 3.51. The van der Waals surface area contributed by atoms with Crippen molar-refractivity contribution in [3.63, 3.8) is 0 Å². The van der Waals surface area contributed by atoms with Crippen molar-refractivity contribution in [2.75, 3.05) is 0 Å². The Hall–Kier alpha value is -0.570. The van der Waals surface area contributed by atoms with Gasteiger partial charge < -0.3 is 0 Å². The average Bonchev–Trinajstić information content (AvgIpc) is 1.30. The number of hydrogen-bond acceptors (Lipinski definition) is 2. The Morgan fingerprint density at radius 2 is 2.14 bits per heavy atom. The molecule has 1 N–H and O–H groups in total. The SMILES string of the molecule is C=C=CS([NH])(=O)=O. The minimum Gasteiger partial charge on any atom is -0.206 e. The molecule has 0 saturated carbocycles. The van der Waals surface area contributed by atoms with Gasteiger partial charge in [0.1, 0.15) is 0 Å². The second-order valence-corrected chi connectivity index (χ2v) is 2.19. The van der Waals surface area contributed by atoms with Gasteiger partial charge in [-0.2, -0.15) is 0 Å². The van der Waals surface area contributed by atoms with Gasteiger partial charge >= 0.3 is 0 Å². The van der Waals surface area contributed by atoms with E-state index in [4.69, 9.17) is 5.14 Å². The van der Waals surface area contributed by atoms with Crippen molar-refractivity contribution < 1.29 is 8.42 Å². The maximum Gasteiger partial charge on any atom is 0.254 e. The highest BCUT2D eigenvalue weighted by Crippen LogP contribution is 1.75. The summed E-state index contributed by atoms with van der Waals surface area (Å²) in [7, 11) is -3.72. The molecule has 0 aliphatic carbocycles. The van der Waals surface area contributed by atoms with E-state index in [0.717, 1.165) is 0 Å². The zero-order valence-corrected chi connectivity index (χ0v) is 4.33. The van der Waals surface area contributed by atoms with E-state index < -0.39 is 10.0 Å². The molecule has 3 nitrogen and oxygen atoms in total. The maximum atomic E-state index is 9.74. The van der Waals surface area contributed by atoms with Crippen LogP contribution in [0.15, 0.2) is 17.7 Å². The van der Waals surface area contributed by atoms with Crippen LogP contribution in [-0.4, -0.2) is 8.42 Å². The van der Waals surface area contributed by atoms with E-state index in [2.05, 4.69) is 6.58 Å². The van der Waals surface area contributed by atoms with Crippen LogP contribution in [0.25, 0.3) is 0 Å². The summed E-state index contributed by atoms with van der Waals surface area (Å²) < 4.78 is 19.5. The van der Waals surface area contributed by atoms with Crippen LogP contribution in [0.2, 0.25) is 0 Å². The largest absolute Gasteiger partial charge is 0.254 e. The summed E-state index contributed by atoms with van der Waals surface area (Å²) in [5.41, 5.74) is 1.96. The van der Waals surface area contributed by atoms with E-state index in [0.29, 0.717) is 5.41 Å². The first-order valence-corrected chi connectivity index (χ1v) is 2.96. The molecule has 0 amide bonds. The third kappa shape index (κ3) is 5.43. The standard InChI is InChI=1S/C3H4NO2S/c1-2-3-7(4,5)6/h3-4H,1H2. The lowest BCUT2D eigenvalue weighted by molar-refractivity contribution is 0.605. The topological polar surface area (TPSA) is 57.9 Å². The number of sulfonamides is 1. The van der Waals surface area contributed by atoms with Gasteiger partial charge in [-0.25, -0.2) is 8.42 Å². The molecule has 0 heterocycles. The quantitative estimate of drug-likeness (QED) is 0.451. The molecular formula is C3H4NO2S. The van der Waals surface area contributed by atoms with Crippen LogP contribution in [0.3, 0.4) is 0 Å². The van der Waals surface area contributed by atoms with Gasteiger partial charge in [0.25, 0.3) is 10.0 Å². The van der Waals surface area contributed by atoms with Crippen LogP contribution in [0.1, 0.15) is 0 Å². The van der Waals surface area contributed by atoms with E-state index in [-0.39, 0.29) is 0 Å². The predicted molar refractivity (Wildman–Crippen MR) is 25.7 cm³/mol. The molecule has 0 bridgehead atoms. The molecule has 0 aliphatic heterocycles. The summed E-state index contributed by atoms with van der Waals surface area (Å²) in [6.45, 7) is 2.97.